The number of hydrogen-bond donors (Lipinski definition) is 3. The summed E-state index contributed by atoms with van der Waals surface area (Å²) in [7, 11) is 0. The number of likely N-dealkylation sites (tertiary alicyclic amines) is 1. The standard InChI is InChI=1S/C21H32N4O2/c22-21(27)18-2-1-13-25(15-18)14-17-3-6-19(7-4-17)24-20(26)8-5-16-9-11-23-12-10-16/h3-4,6-7,16,18,23H,1-2,5,8-15H2,(H2,22,27)(H,24,26). The Morgan fingerprint density at radius 3 is 2.59 bits per heavy atom. The lowest BCUT2D eigenvalue weighted by atomic mass is 9.93. The lowest BCUT2D eigenvalue weighted by molar-refractivity contribution is -0.123. The molecule has 1 aromatic carbocycles. The number of benzene rings is 1. The van der Waals surface area contributed by atoms with E-state index in [0.717, 1.165) is 57.7 Å². The average molecular weight is 373 g/mol. The average Bonchev–Trinajstić information content (AvgIpc) is 2.69. The van der Waals surface area contributed by atoms with Crippen molar-refractivity contribution < 1.29 is 9.59 Å². The number of nitrogens with two attached hydrogens (primary N) is 1. The van der Waals surface area contributed by atoms with Crippen molar-refractivity contribution in [2.75, 3.05) is 31.5 Å². The number of carbonyl (C=O) groups is 2. The Hall–Kier alpha value is -1.92. The van der Waals surface area contributed by atoms with Crippen LogP contribution >= 0.6 is 0 Å². The number of anilines is 1. The van der Waals surface area contributed by atoms with Gasteiger partial charge in [0.15, 0.2) is 0 Å². The van der Waals surface area contributed by atoms with E-state index in [2.05, 4.69) is 27.7 Å². The first-order chi connectivity index (χ1) is 13.1. The van der Waals surface area contributed by atoms with E-state index < -0.39 is 0 Å². The van der Waals surface area contributed by atoms with Gasteiger partial charge < -0.3 is 16.4 Å². The minimum atomic E-state index is -0.192. The maximum absolute atomic E-state index is 12.2. The zero-order chi connectivity index (χ0) is 19.1. The number of primary amides is 1. The Bertz CT molecular complexity index is 626. The van der Waals surface area contributed by atoms with Gasteiger partial charge >= 0.3 is 0 Å². The molecule has 2 fully saturated rings. The van der Waals surface area contributed by atoms with Gasteiger partial charge in [-0.2, -0.15) is 0 Å². The highest BCUT2D eigenvalue weighted by molar-refractivity contribution is 5.90. The fourth-order valence-corrected chi connectivity index (χ4v) is 4.11. The zero-order valence-electron chi connectivity index (χ0n) is 16.1. The molecule has 1 atom stereocenters. The molecule has 2 aliphatic heterocycles. The second-order valence-corrected chi connectivity index (χ2v) is 7.95. The zero-order valence-corrected chi connectivity index (χ0v) is 16.1. The monoisotopic (exact) mass is 372 g/mol. The van der Waals surface area contributed by atoms with Crippen LogP contribution in [-0.2, 0) is 16.1 Å². The van der Waals surface area contributed by atoms with E-state index in [0.29, 0.717) is 12.3 Å². The van der Waals surface area contributed by atoms with Crippen LogP contribution in [0.5, 0.6) is 0 Å². The van der Waals surface area contributed by atoms with Crippen LogP contribution in [0.1, 0.15) is 44.1 Å². The predicted octanol–water partition coefficient (Wildman–Crippen LogP) is 2.10. The molecule has 148 valence electrons. The Kier molecular flexibility index (Phi) is 7.24. The molecule has 1 unspecified atom stereocenters. The van der Waals surface area contributed by atoms with Crippen molar-refractivity contribution in [3.8, 4) is 0 Å². The number of carbonyl (C=O) groups excluding carboxylic acids is 2. The van der Waals surface area contributed by atoms with Gasteiger partial charge in [-0.1, -0.05) is 12.1 Å². The highest BCUT2D eigenvalue weighted by Crippen LogP contribution is 2.20. The molecule has 1 aromatic rings. The van der Waals surface area contributed by atoms with E-state index >= 15 is 0 Å². The smallest absolute Gasteiger partial charge is 0.224 e. The predicted molar refractivity (Wildman–Crippen MR) is 107 cm³/mol. The lowest BCUT2D eigenvalue weighted by Gasteiger charge is -2.31. The van der Waals surface area contributed by atoms with Crippen LogP contribution in [0.15, 0.2) is 24.3 Å². The summed E-state index contributed by atoms with van der Waals surface area (Å²) in [5.41, 5.74) is 7.49. The fraction of sp³-hybridized carbons (Fsp3) is 0.619. The Morgan fingerprint density at radius 1 is 1.15 bits per heavy atom. The molecule has 2 amide bonds. The normalized spacial score (nSPS) is 21.7. The van der Waals surface area contributed by atoms with Gasteiger partial charge in [-0.05, 0) is 75.4 Å². The summed E-state index contributed by atoms with van der Waals surface area (Å²) in [6.07, 6.45) is 5.83. The quantitative estimate of drug-likeness (QED) is 0.684. The third-order valence-corrected chi connectivity index (χ3v) is 5.79. The van der Waals surface area contributed by atoms with Crippen LogP contribution in [0.2, 0.25) is 0 Å². The second kappa shape index (κ2) is 9.85. The van der Waals surface area contributed by atoms with E-state index in [9.17, 15) is 9.59 Å². The maximum Gasteiger partial charge on any atom is 0.224 e. The Labute approximate surface area is 161 Å². The molecular weight excluding hydrogens is 340 g/mol. The van der Waals surface area contributed by atoms with E-state index in [-0.39, 0.29) is 17.7 Å². The molecule has 3 rings (SSSR count). The van der Waals surface area contributed by atoms with Crippen LogP contribution in [0, 0.1) is 11.8 Å². The van der Waals surface area contributed by atoms with Gasteiger partial charge in [0, 0.05) is 25.2 Å². The van der Waals surface area contributed by atoms with Crippen molar-refractivity contribution in [3.63, 3.8) is 0 Å². The number of rotatable bonds is 7. The lowest BCUT2D eigenvalue weighted by Crippen LogP contribution is -2.40. The van der Waals surface area contributed by atoms with E-state index in [1.54, 1.807) is 0 Å². The van der Waals surface area contributed by atoms with Gasteiger partial charge in [-0.3, -0.25) is 14.5 Å². The van der Waals surface area contributed by atoms with Gasteiger partial charge in [0.05, 0.1) is 5.92 Å². The molecule has 0 aromatic heterocycles. The molecule has 0 saturated carbocycles. The van der Waals surface area contributed by atoms with Gasteiger partial charge in [0.2, 0.25) is 11.8 Å². The van der Waals surface area contributed by atoms with Crippen LogP contribution in [0.25, 0.3) is 0 Å². The number of amides is 2. The molecule has 2 aliphatic rings. The van der Waals surface area contributed by atoms with Crippen LogP contribution in [0.3, 0.4) is 0 Å². The highest BCUT2D eigenvalue weighted by atomic mass is 16.2. The molecule has 27 heavy (non-hydrogen) atoms. The van der Waals surface area contributed by atoms with Crippen LogP contribution in [0.4, 0.5) is 5.69 Å². The van der Waals surface area contributed by atoms with E-state index in [1.165, 1.54) is 18.4 Å². The molecule has 0 spiro atoms. The van der Waals surface area contributed by atoms with Gasteiger partial charge in [0.1, 0.15) is 0 Å². The first kappa shape index (κ1) is 19.8. The Balaban J connectivity index is 1.42. The van der Waals surface area contributed by atoms with Crippen molar-refractivity contribution in [2.24, 2.45) is 17.6 Å². The highest BCUT2D eigenvalue weighted by Gasteiger charge is 2.23. The fourth-order valence-electron chi connectivity index (χ4n) is 4.11. The summed E-state index contributed by atoms with van der Waals surface area (Å²) in [5.74, 6) is 0.550. The van der Waals surface area contributed by atoms with E-state index in [4.69, 9.17) is 5.73 Å². The van der Waals surface area contributed by atoms with Crippen molar-refractivity contribution in [1.82, 2.24) is 10.2 Å². The van der Waals surface area contributed by atoms with Crippen molar-refractivity contribution in [2.45, 2.75) is 45.1 Å². The molecule has 0 radical (unpaired) electrons. The van der Waals surface area contributed by atoms with Crippen LogP contribution in [-0.4, -0.2) is 42.9 Å². The molecule has 6 nitrogen and oxygen atoms in total. The molecule has 4 N–H and O–H groups in total. The summed E-state index contributed by atoms with van der Waals surface area (Å²) in [4.78, 5) is 25.9. The third kappa shape index (κ3) is 6.33. The summed E-state index contributed by atoms with van der Waals surface area (Å²) in [5, 5.41) is 6.36. The molecule has 0 aliphatic carbocycles. The first-order valence-corrected chi connectivity index (χ1v) is 10.2. The number of nitrogens with one attached hydrogen (secondary N) is 2. The van der Waals surface area contributed by atoms with Gasteiger partial charge in [-0.25, -0.2) is 0 Å². The SMILES string of the molecule is NC(=O)C1CCCN(Cc2ccc(NC(=O)CCC3CCNCC3)cc2)C1. The van der Waals surface area contributed by atoms with Crippen molar-refractivity contribution in [1.29, 1.82) is 0 Å². The van der Waals surface area contributed by atoms with Gasteiger partial charge in [0.25, 0.3) is 0 Å². The second-order valence-electron chi connectivity index (χ2n) is 7.95. The molecule has 0 bridgehead atoms. The first-order valence-electron chi connectivity index (χ1n) is 10.2. The summed E-state index contributed by atoms with van der Waals surface area (Å²) in [6, 6.07) is 8.03. The minimum Gasteiger partial charge on any atom is -0.369 e. The number of hydrogen-bond acceptors (Lipinski definition) is 4. The summed E-state index contributed by atoms with van der Waals surface area (Å²) >= 11 is 0. The minimum absolute atomic E-state index is 0.0303. The molecule has 6 heteroatoms. The van der Waals surface area contributed by atoms with Gasteiger partial charge in [-0.15, -0.1) is 0 Å². The molecule has 2 heterocycles. The topological polar surface area (TPSA) is 87.5 Å². The molecule has 2 saturated heterocycles. The van der Waals surface area contributed by atoms with Crippen LogP contribution < -0.4 is 16.4 Å². The maximum atomic E-state index is 12.2. The number of nitrogens with zero attached hydrogens (tertiary/aromatic N) is 1. The van der Waals surface area contributed by atoms with Crippen molar-refractivity contribution >= 4 is 17.5 Å². The summed E-state index contributed by atoms with van der Waals surface area (Å²) in [6.45, 7) is 4.70. The van der Waals surface area contributed by atoms with E-state index in [1.807, 2.05) is 12.1 Å². The number of piperidine rings is 2. The summed E-state index contributed by atoms with van der Waals surface area (Å²) < 4.78 is 0. The van der Waals surface area contributed by atoms with Crippen molar-refractivity contribution in [3.05, 3.63) is 29.8 Å². The third-order valence-electron chi connectivity index (χ3n) is 5.79. The largest absolute Gasteiger partial charge is 0.369 e. The molecular formula is C21H32N4O2. The Morgan fingerprint density at radius 2 is 1.89 bits per heavy atom.